The number of halogens is 3. The van der Waals surface area contributed by atoms with Crippen molar-refractivity contribution >= 4 is 16.2 Å². The van der Waals surface area contributed by atoms with Crippen LogP contribution in [0.5, 0.6) is 0 Å². The van der Waals surface area contributed by atoms with Crippen LogP contribution in [0.1, 0.15) is 6.42 Å². The van der Waals surface area contributed by atoms with Crippen molar-refractivity contribution in [3.8, 4) is 0 Å². The molecule has 0 aliphatic carbocycles. The second-order valence-electron chi connectivity index (χ2n) is 2.03. The SMILES string of the molecule is NC(=O)OS(=O)(=O)CCC(F)(F)F. The lowest BCUT2D eigenvalue weighted by Gasteiger charge is -2.05. The first-order chi connectivity index (χ1) is 5.62. The van der Waals surface area contributed by atoms with E-state index in [2.05, 4.69) is 9.92 Å². The maximum Gasteiger partial charge on any atom is 0.420 e. The van der Waals surface area contributed by atoms with Gasteiger partial charge in [-0.2, -0.15) is 21.6 Å². The summed E-state index contributed by atoms with van der Waals surface area (Å²) >= 11 is 0. The maximum atomic E-state index is 11.5. The Kier molecular flexibility index (Phi) is 3.52. The van der Waals surface area contributed by atoms with E-state index in [0.717, 1.165) is 0 Å². The molecule has 9 heteroatoms. The lowest BCUT2D eigenvalue weighted by atomic mass is 10.5. The predicted octanol–water partition coefficient (Wildman–Crippen LogP) is 0.364. The summed E-state index contributed by atoms with van der Waals surface area (Å²) in [4.78, 5) is 9.88. The van der Waals surface area contributed by atoms with Gasteiger partial charge in [0.05, 0.1) is 12.2 Å². The summed E-state index contributed by atoms with van der Waals surface area (Å²) in [6.07, 6.45) is -7.85. The quantitative estimate of drug-likeness (QED) is 0.697. The van der Waals surface area contributed by atoms with Crippen molar-refractivity contribution < 1.29 is 30.6 Å². The van der Waals surface area contributed by atoms with Gasteiger partial charge in [-0.05, 0) is 0 Å². The summed E-state index contributed by atoms with van der Waals surface area (Å²) in [5, 5.41) is 0. The number of hydrogen-bond acceptors (Lipinski definition) is 4. The highest BCUT2D eigenvalue weighted by Crippen LogP contribution is 2.20. The summed E-state index contributed by atoms with van der Waals surface area (Å²) in [7, 11) is -4.51. The van der Waals surface area contributed by atoms with Crippen molar-refractivity contribution in [3.05, 3.63) is 0 Å². The smallest absolute Gasteiger partial charge is 0.334 e. The average molecular weight is 221 g/mol. The van der Waals surface area contributed by atoms with Crippen LogP contribution in [0.15, 0.2) is 0 Å². The summed E-state index contributed by atoms with van der Waals surface area (Å²) < 4.78 is 58.8. The van der Waals surface area contributed by atoms with Crippen LogP contribution in [0.25, 0.3) is 0 Å². The minimum absolute atomic E-state index is 1.32. The van der Waals surface area contributed by atoms with Crippen LogP contribution in [0.4, 0.5) is 18.0 Å². The van der Waals surface area contributed by atoms with E-state index in [4.69, 9.17) is 0 Å². The van der Waals surface area contributed by atoms with Crippen LogP contribution in [0, 0.1) is 0 Å². The zero-order valence-electron chi connectivity index (χ0n) is 6.17. The molecule has 78 valence electrons. The minimum atomic E-state index is -4.62. The lowest BCUT2D eigenvalue weighted by molar-refractivity contribution is -0.130. The molecular formula is C4H6F3NO4S. The first-order valence-electron chi connectivity index (χ1n) is 2.91. The largest absolute Gasteiger partial charge is 0.420 e. The third-order valence-corrected chi connectivity index (χ3v) is 1.97. The van der Waals surface area contributed by atoms with Crippen molar-refractivity contribution in [3.63, 3.8) is 0 Å². The number of amides is 1. The Morgan fingerprint density at radius 1 is 1.38 bits per heavy atom. The summed E-state index contributed by atoms with van der Waals surface area (Å²) in [6, 6.07) is 0. The number of primary amides is 1. The highest BCUT2D eigenvalue weighted by Gasteiger charge is 2.31. The second kappa shape index (κ2) is 3.81. The third-order valence-electron chi connectivity index (χ3n) is 0.845. The molecule has 13 heavy (non-hydrogen) atoms. The van der Waals surface area contributed by atoms with Gasteiger partial charge in [-0.15, -0.1) is 0 Å². The van der Waals surface area contributed by atoms with E-state index in [0.29, 0.717) is 0 Å². The van der Waals surface area contributed by atoms with Gasteiger partial charge in [-0.25, -0.2) is 4.79 Å². The van der Waals surface area contributed by atoms with Gasteiger partial charge in [0.15, 0.2) is 0 Å². The van der Waals surface area contributed by atoms with Crippen molar-refractivity contribution in [2.75, 3.05) is 5.75 Å². The molecule has 0 aromatic carbocycles. The number of rotatable bonds is 3. The first-order valence-corrected chi connectivity index (χ1v) is 4.48. The summed E-state index contributed by atoms with van der Waals surface area (Å²) in [5.41, 5.74) is 4.30. The van der Waals surface area contributed by atoms with Gasteiger partial charge in [0.2, 0.25) is 0 Å². The Hall–Kier alpha value is -0.990. The van der Waals surface area contributed by atoms with Gasteiger partial charge in [-0.3, -0.25) is 0 Å². The van der Waals surface area contributed by atoms with Gasteiger partial charge < -0.3 is 9.92 Å². The average Bonchev–Trinajstić information content (AvgIpc) is 1.79. The first kappa shape index (κ1) is 12.0. The molecule has 0 atom stereocenters. The van der Waals surface area contributed by atoms with E-state index in [9.17, 15) is 26.4 Å². The van der Waals surface area contributed by atoms with E-state index in [1.807, 2.05) is 0 Å². The molecule has 0 saturated carbocycles. The van der Waals surface area contributed by atoms with Gasteiger partial charge in [0, 0.05) is 0 Å². The molecule has 0 unspecified atom stereocenters. The fourth-order valence-electron chi connectivity index (χ4n) is 0.408. The molecule has 0 rings (SSSR count). The maximum absolute atomic E-state index is 11.5. The summed E-state index contributed by atoms with van der Waals surface area (Å²) in [5.74, 6) is -1.32. The highest BCUT2D eigenvalue weighted by molar-refractivity contribution is 7.87. The molecule has 1 amide bonds. The standard InChI is InChI=1S/C4H6F3NO4S/c5-4(6,7)1-2-13(10,11)12-3(8)9/h1-2H2,(H2,8,9). The number of hydrogen-bond donors (Lipinski definition) is 1. The molecule has 0 aliphatic heterocycles. The number of alkyl halides is 3. The molecule has 0 aliphatic rings. The van der Waals surface area contributed by atoms with Crippen molar-refractivity contribution in [2.45, 2.75) is 12.6 Å². The van der Waals surface area contributed by atoms with Crippen LogP contribution in [-0.2, 0) is 14.3 Å². The Morgan fingerprint density at radius 3 is 2.15 bits per heavy atom. The molecule has 5 nitrogen and oxygen atoms in total. The number of carbonyl (C=O) groups is 1. The van der Waals surface area contributed by atoms with E-state index in [1.54, 1.807) is 0 Å². The fourth-order valence-corrected chi connectivity index (χ4v) is 1.22. The molecule has 0 saturated heterocycles. The van der Waals surface area contributed by atoms with Crippen molar-refractivity contribution in [1.82, 2.24) is 0 Å². The van der Waals surface area contributed by atoms with Crippen LogP contribution >= 0.6 is 0 Å². The van der Waals surface area contributed by atoms with Crippen molar-refractivity contribution in [2.24, 2.45) is 5.73 Å². The summed E-state index contributed by atoms with van der Waals surface area (Å²) in [6.45, 7) is 0. The Balaban J connectivity index is 4.13. The van der Waals surface area contributed by atoms with Crippen LogP contribution in [0.2, 0.25) is 0 Å². The molecule has 0 fully saturated rings. The normalized spacial score (nSPS) is 12.5. The second-order valence-corrected chi connectivity index (χ2v) is 3.72. The van der Waals surface area contributed by atoms with Crippen LogP contribution < -0.4 is 5.73 Å². The van der Waals surface area contributed by atoms with Crippen LogP contribution in [0.3, 0.4) is 0 Å². The minimum Gasteiger partial charge on any atom is -0.334 e. The van der Waals surface area contributed by atoms with Gasteiger partial charge >= 0.3 is 22.4 Å². The molecule has 0 aromatic heterocycles. The Bertz CT molecular complexity index is 282. The third kappa shape index (κ3) is 7.37. The van der Waals surface area contributed by atoms with E-state index in [1.165, 1.54) is 0 Å². The van der Waals surface area contributed by atoms with E-state index >= 15 is 0 Å². The van der Waals surface area contributed by atoms with Crippen LogP contribution in [-0.4, -0.2) is 26.4 Å². The number of nitrogens with two attached hydrogens (primary N) is 1. The fraction of sp³-hybridized carbons (Fsp3) is 0.750. The zero-order chi connectivity index (χ0) is 10.7. The molecule has 0 spiro atoms. The van der Waals surface area contributed by atoms with E-state index in [-0.39, 0.29) is 0 Å². The highest BCUT2D eigenvalue weighted by atomic mass is 32.2. The molecule has 0 aromatic rings. The molecule has 0 heterocycles. The van der Waals surface area contributed by atoms with Crippen molar-refractivity contribution in [1.29, 1.82) is 0 Å². The van der Waals surface area contributed by atoms with E-state index < -0.39 is 34.6 Å². The Labute approximate surface area is 71.8 Å². The monoisotopic (exact) mass is 221 g/mol. The Morgan fingerprint density at radius 2 is 1.85 bits per heavy atom. The number of carbonyl (C=O) groups excluding carboxylic acids is 1. The lowest BCUT2D eigenvalue weighted by Crippen LogP contribution is -2.23. The molecular weight excluding hydrogens is 215 g/mol. The molecule has 0 radical (unpaired) electrons. The van der Waals surface area contributed by atoms with Gasteiger partial charge in [-0.1, -0.05) is 0 Å². The topological polar surface area (TPSA) is 86.5 Å². The van der Waals surface area contributed by atoms with Gasteiger partial charge in [0.1, 0.15) is 0 Å². The predicted molar refractivity (Wildman–Crippen MR) is 35.1 cm³/mol. The molecule has 2 N–H and O–H groups in total. The zero-order valence-corrected chi connectivity index (χ0v) is 6.98. The molecule has 0 bridgehead atoms. The van der Waals surface area contributed by atoms with Gasteiger partial charge in [0.25, 0.3) is 0 Å².